The molecule has 1 fully saturated rings. The molecule has 1 unspecified atom stereocenters. The van der Waals surface area contributed by atoms with Crippen molar-refractivity contribution in [2.45, 2.75) is 45.7 Å². The zero-order valence-electron chi connectivity index (χ0n) is 14.8. The molecule has 1 aliphatic heterocycles. The summed E-state index contributed by atoms with van der Waals surface area (Å²) in [4.78, 5) is 37.0. The predicted molar refractivity (Wildman–Crippen MR) is 104 cm³/mol. The second kappa shape index (κ2) is 7.83. The van der Waals surface area contributed by atoms with E-state index in [1.165, 1.54) is 16.2 Å². The van der Waals surface area contributed by atoms with E-state index in [0.717, 1.165) is 0 Å². The standard InChI is InChI=1S/C16H23BrN4O4S/c1-16(2,3)11-9(5-4-6-21(11)15(24)25)19-12(22)8-7-10(17)26-13(8)20-14(18)23/h7,9,11H,4-6H2,1-3H3,(H,19,22)(H,24,25)(H3,18,20,23)/t9-,11?/m0/s1. The number of urea groups is 1. The number of rotatable bonds is 3. The number of nitrogens with zero attached hydrogens (tertiary/aromatic N) is 1. The van der Waals surface area contributed by atoms with Gasteiger partial charge >= 0.3 is 12.1 Å². The molecule has 0 spiro atoms. The number of primary amides is 1. The van der Waals surface area contributed by atoms with E-state index in [9.17, 15) is 19.5 Å². The normalized spacial score (nSPS) is 20.5. The van der Waals surface area contributed by atoms with Crippen molar-refractivity contribution in [2.24, 2.45) is 11.1 Å². The molecule has 0 radical (unpaired) electrons. The number of amides is 4. The molecule has 26 heavy (non-hydrogen) atoms. The first-order chi connectivity index (χ1) is 12.0. The number of thiophene rings is 1. The fourth-order valence-corrected chi connectivity index (χ4v) is 4.91. The summed E-state index contributed by atoms with van der Waals surface area (Å²) in [6, 6.07) is 0.172. The molecule has 10 heteroatoms. The molecule has 1 aliphatic rings. The first-order valence-electron chi connectivity index (χ1n) is 8.17. The van der Waals surface area contributed by atoms with Crippen molar-refractivity contribution < 1.29 is 19.5 Å². The maximum atomic E-state index is 12.8. The quantitative estimate of drug-likeness (QED) is 0.568. The molecule has 1 aromatic heterocycles. The van der Waals surface area contributed by atoms with E-state index in [4.69, 9.17) is 5.73 Å². The Morgan fingerprint density at radius 2 is 2.04 bits per heavy atom. The van der Waals surface area contributed by atoms with Crippen LogP contribution in [0, 0.1) is 5.41 Å². The van der Waals surface area contributed by atoms with Crippen molar-refractivity contribution in [1.29, 1.82) is 0 Å². The SMILES string of the molecule is CC(C)(C)C1[C@@H](NC(=O)c2cc(Br)sc2NC(N)=O)CCCN1C(=O)O. The Morgan fingerprint density at radius 3 is 2.58 bits per heavy atom. The van der Waals surface area contributed by atoms with Crippen LogP contribution in [0.2, 0.25) is 0 Å². The molecular weight excluding hydrogens is 424 g/mol. The van der Waals surface area contributed by atoms with Gasteiger partial charge in [0.25, 0.3) is 5.91 Å². The van der Waals surface area contributed by atoms with Gasteiger partial charge in [0, 0.05) is 6.54 Å². The Hall–Kier alpha value is -1.81. The fourth-order valence-electron chi connectivity index (χ4n) is 3.41. The van der Waals surface area contributed by atoms with Gasteiger partial charge in [-0.1, -0.05) is 20.8 Å². The number of anilines is 1. The second-order valence-corrected chi connectivity index (χ2v) is 9.72. The van der Waals surface area contributed by atoms with Gasteiger partial charge in [-0.05, 0) is 40.3 Å². The lowest BCUT2D eigenvalue weighted by Crippen LogP contribution is -2.61. The van der Waals surface area contributed by atoms with Gasteiger partial charge in [-0.2, -0.15) is 0 Å². The molecule has 2 atom stereocenters. The first kappa shape index (κ1) is 20.5. The smallest absolute Gasteiger partial charge is 0.407 e. The van der Waals surface area contributed by atoms with Gasteiger partial charge < -0.3 is 21.1 Å². The van der Waals surface area contributed by atoms with Crippen molar-refractivity contribution in [3.8, 4) is 0 Å². The number of nitrogens with one attached hydrogen (secondary N) is 2. The van der Waals surface area contributed by atoms with Crippen molar-refractivity contribution in [2.75, 3.05) is 11.9 Å². The number of carboxylic acid groups (broad SMARTS) is 1. The first-order valence-corrected chi connectivity index (χ1v) is 9.78. The minimum absolute atomic E-state index is 0.292. The number of hydrogen-bond donors (Lipinski definition) is 4. The average molecular weight is 447 g/mol. The van der Waals surface area contributed by atoms with Crippen LogP contribution in [0.15, 0.2) is 9.85 Å². The minimum Gasteiger partial charge on any atom is -0.465 e. The lowest BCUT2D eigenvalue weighted by molar-refractivity contribution is 0.0359. The second-order valence-electron chi connectivity index (χ2n) is 7.29. The zero-order chi connectivity index (χ0) is 19.6. The monoisotopic (exact) mass is 446 g/mol. The lowest BCUT2D eigenvalue weighted by Gasteiger charge is -2.46. The Morgan fingerprint density at radius 1 is 1.38 bits per heavy atom. The number of carbonyl (C=O) groups is 3. The molecule has 5 N–H and O–H groups in total. The highest BCUT2D eigenvalue weighted by Crippen LogP contribution is 2.34. The Kier molecular flexibility index (Phi) is 6.17. The summed E-state index contributed by atoms with van der Waals surface area (Å²) in [6.07, 6.45) is 0.364. The van der Waals surface area contributed by atoms with Crippen LogP contribution in [0.3, 0.4) is 0 Å². The van der Waals surface area contributed by atoms with Crippen LogP contribution in [0.1, 0.15) is 44.0 Å². The van der Waals surface area contributed by atoms with Crippen LogP contribution in [0.5, 0.6) is 0 Å². The number of halogens is 1. The Balaban J connectivity index is 2.26. The predicted octanol–water partition coefficient (Wildman–Crippen LogP) is 3.29. The number of nitrogens with two attached hydrogens (primary N) is 1. The Bertz CT molecular complexity index is 716. The Labute approximate surface area is 164 Å². The zero-order valence-corrected chi connectivity index (χ0v) is 17.2. The van der Waals surface area contributed by atoms with Crippen LogP contribution in [-0.2, 0) is 0 Å². The van der Waals surface area contributed by atoms with Crippen molar-refractivity contribution >= 4 is 50.3 Å². The van der Waals surface area contributed by atoms with E-state index in [1.54, 1.807) is 6.07 Å². The molecular formula is C16H23BrN4O4S. The third kappa shape index (κ3) is 4.67. The van der Waals surface area contributed by atoms with E-state index in [0.29, 0.717) is 33.7 Å². The minimum atomic E-state index is -0.988. The van der Waals surface area contributed by atoms with Gasteiger partial charge in [-0.3, -0.25) is 10.1 Å². The van der Waals surface area contributed by atoms with Crippen molar-refractivity contribution in [1.82, 2.24) is 10.2 Å². The summed E-state index contributed by atoms with van der Waals surface area (Å²) in [5.41, 5.74) is 5.10. The van der Waals surface area contributed by atoms with E-state index < -0.39 is 12.1 Å². The third-order valence-electron chi connectivity index (χ3n) is 4.26. The molecule has 2 heterocycles. The molecule has 144 valence electrons. The molecule has 1 aromatic rings. The van der Waals surface area contributed by atoms with Gasteiger partial charge in [0.05, 0.1) is 21.4 Å². The summed E-state index contributed by atoms with van der Waals surface area (Å²) in [5, 5.41) is 15.3. The lowest BCUT2D eigenvalue weighted by atomic mass is 9.77. The highest BCUT2D eigenvalue weighted by molar-refractivity contribution is 9.11. The molecule has 8 nitrogen and oxygen atoms in total. The van der Waals surface area contributed by atoms with Gasteiger partial charge in [-0.25, -0.2) is 9.59 Å². The van der Waals surface area contributed by atoms with E-state index in [1.807, 2.05) is 20.8 Å². The maximum Gasteiger partial charge on any atom is 0.407 e. The molecule has 2 rings (SSSR count). The summed E-state index contributed by atoms with van der Waals surface area (Å²) >= 11 is 4.48. The molecule has 0 bridgehead atoms. The van der Waals surface area contributed by atoms with Crippen molar-refractivity contribution in [3.63, 3.8) is 0 Å². The molecule has 0 saturated carbocycles. The van der Waals surface area contributed by atoms with Gasteiger partial charge in [0.1, 0.15) is 5.00 Å². The summed E-state index contributed by atoms with van der Waals surface area (Å²) < 4.78 is 0.676. The highest BCUT2D eigenvalue weighted by Gasteiger charge is 2.42. The number of carbonyl (C=O) groups excluding carboxylic acids is 2. The van der Waals surface area contributed by atoms with Gasteiger partial charge in [0.2, 0.25) is 0 Å². The summed E-state index contributed by atoms with van der Waals surface area (Å²) in [7, 11) is 0. The average Bonchev–Trinajstić information content (AvgIpc) is 2.85. The van der Waals surface area contributed by atoms with Gasteiger partial charge in [0.15, 0.2) is 0 Å². The molecule has 1 saturated heterocycles. The van der Waals surface area contributed by atoms with Crippen molar-refractivity contribution in [3.05, 3.63) is 15.4 Å². The molecule has 0 aliphatic carbocycles. The number of likely N-dealkylation sites (tertiary alicyclic amines) is 1. The third-order valence-corrected chi connectivity index (χ3v) is 5.82. The summed E-state index contributed by atoms with van der Waals surface area (Å²) in [6.45, 7) is 6.32. The van der Waals surface area contributed by atoms with Gasteiger partial charge in [-0.15, -0.1) is 11.3 Å². The molecule has 0 aromatic carbocycles. The van der Waals surface area contributed by atoms with Crippen LogP contribution in [0.25, 0.3) is 0 Å². The molecule has 4 amide bonds. The van der Waals surface area contributed by atoms with Crippen LogP contribution in [0.4, 0.5) is 14.6 Å². The topological polar surface area (TPSA) is 125 Å². The maximum absolute atomic E-state index is 12.8. The van der Waals surface area contributed by atoms with E-state index >= 15 is 0 Å². The summed E-state index contributed by atoms with van der Waals surface area (Å²) in [5.74, 6) is -0.373. The number of piperidine rings is 1. The van der Waals surface area contributed by atoms with E-state index in [-0.39, 0.29) is 23.4 Å². The number of hydrogen-bond acceptors (Lipinski definition) is 4. The van der Waals surface area contributed by atoms with E-state index in [2.05, 4.69) is 26.6 Å². The van der Waals surface area contributed by atoms with Crippen LogP contribution >= 0.6 is 27.3 Å². The van der Waals surface area contributed by atoms with Crippen LogP contribution in [-0.4, -0.2) is 46.7 Å². The highest BCUT2D eigenvalue weighted by atomic mass is 79.9. The largest absolute Gasteiger partial charge is 0.465 e. The fraction of sp³-hybridized carbons (Fsp3) is 0.562. The van der Waals surface area contributed by atoms with Crippen LogP contribution < -0.4 is 16.4 Å².